The van der Waals surface area contributed by atoms with Crippen molar-refractivity contribution in [2.75, 3.05) is 25.1 Å². The topological polar surface area (TPSA) is 84.9 Å². The van der Waals surface area contributed by atoms with E-state index in [0.717, 1.165) is 28.1 Å². The number of aryl methyl sites for hydroxylation is 1. The van der Waals surface area contributed by atoms with Crippen molar-refractivity contribution in [1.82, 2.24) is 4.90 Å². The molecule has 0 atom stereocenters. The number of hydrogen-bond donors (Lipinski definition) is 1. The van der Waals surface area contributed by atoms with Crippen LogP contribution in [0.15, 0.2) is 92.7 Å². The molecule has 1 saturated heterocycles. The van der Waals surface area contributed by atoms with E-state index in [-0.39, 0.29) is 36.8 Å². The van der Waals surface area contributed by atoms with Crippen molar-refractivity contribution in [3.8, 4) is 11.5 Å². The monoisotopic (exact) mass is 694 g/mol. The summed E-state index contributed by atoms with van der Waals surface area (Å²) in [6.45, 7) is 2.07. The van der Waals surface area contributed by atoms with Gasteiger partial charge in [0.25, 0.3) is 17.1 Å². The largest absolute Gasteiger partial charge is 0.491 e. The summed E-state index contributed by atoms with van der Waals surface area (Å²) in [5.41, 5.74) is 2.41. The van der Waals surface area contributed by atoms with Crippen molar-refractivity contribution < 1.29 is 23.9 Å². The molecule has 1 fully saturated rings. The van der Waals surface area contributed by atoms with Crippen LogP contribution in [0, 0.1) is 6.92 Å². The first kappa shape index (κ1) is 28.9. The molecule has 0 aliphatic carbocycles. The predicted molar refractivity (Wildman–Crippen MR) is 169 cm³/mol. The Morgan fingerprint density at radius 3 is 2.46 bits per heavy atom. The standard InChI is InChI=1S/C31H24Br2N2O5S/c1-19-6-4-9-22(14-19)34-28(36)18-40-29-24(32)15-20(16-25(29)33)17-27-30(37)35(31(38)41-27)12-13-39-26-11-5-8-21-7-2-3-10-23(21)26/h2-11,14-17H,12-13,18H2,1H3,(H,34,36)/b27-17-. The van der Waals surface area contributed by atoms with Gasteiger partial charge in [0, 0.05) is 11.1 Å². The van der Waals surface area contributed by atoms with Crippen LogP contribution >= 0.6 is 43.6 Å². The van der Waals surface area contributed by atoms with Gasteiger partial charge in [0.05, 0.1) is 20.4 Å². The first-order chi connectivity index (χ1) is 19.8. The number of carbonyl (C=O) groups excluding carboxylic acids is 3. The summed E-state index contributed by atoms with van der Waals surface area (Å²) < 4.78 is 12.8. The van der Waals surface area contributed by atoms with E-state index >= 15 is 0 Å². The van der Waals surface area contributed by atoms with Crippen LogP contribution in [0.4, 0.5) is 10.5 Å². The van der Waals surface area contributed by atoms with E-state index in [0.29, 0.717) is 36.6 Å². The lowest BCUT2D eigenvalue weighted by atomic mass is 10.1. The van der Waals surface area contributed by atoms with Gasteiger partial charge in [-0.2, -0.15) is 0 Å². The third kappa shape index (κ3) is 7.01. The minimum absolute atomic E-state index is 0.135. The van der Waals surface area contributed by atoms with Crippen LogP contribution in [0.2, 0.25) is 0 Å². The van der Waals surface area contributed by atoms with Gasteiger partial charge in [0.15, 0.2) is 6.61 Å². The normalized spacial score (nSPS) is 14.1. The Hall–Kier alpha value is -3.60. The van der Waals surface area contributed by atoms with Gasteiger partial charge in [-0.05, 0) is 103 Å². The second kappa shape index (κ2) is 12.9. The van der Waals surface area contributed by atoms with Crippen molar-refractivity contribution in [1.29, 1.82) is 0 Å². The van der Waals surface area contributed by atoms with Gasteiger partial charge in [-0.1, -0.05) is 48.5 Å². The van der Waals surface area contributed by atoms with Gasteiger partial charge in [-0.3, -0.25) is 19.3 Å². The number of thioether (sulfide) groups is 1. The number of fused-ring (bicyclic) bond motifs is 1. The number of anilines is 1. The summed E-state index contributed by atoms with van der Waals surface area (Å²) in [4.78, 5) is 39.5. The van der Waals surface area contributed by atoms with Gasteiger partial charge in [0.1, 0.15) is 18.1 Å². The average molecular weight is 696 g/mol. The van der Waals surface area contributed by atoms with E-state index in [9.17, 15) is 14.4 Å². The highest BCUT2D eigenvalue weighted by molar-refractivity contribution is 9.11. The Balaban J connectivity index is 1.20. The average Bonchev–Trinajstić information content (AvgIpc) is 3.20. The third-order valence-corrected chi connectivity index (χ3v) is 8.25. The fraction of sp³-hybridized carbons (Fsp3) is 0.129. The minimum Gasteiger partial charge on any atom is -0.491 e. The highest BCUT2D eigenvalue weighted by Crippen LogP contribution is 2.38. The molecule has 3 amide bonds. The molecule has 1 aliphatic heterocycles. The summed E-state index contributed by atoms with van der Waals surface area (Å²) >= 11 is 7.85. The first-order valence-electron chi connectivity index (χ1n) is 12.6. The zero-order valence-electron chi connectivity index (χ0n) is 21.9. The summed E-state index contributed by atoms with van der Waals surface area (Å²) in [5.74, 6) is 0.481. The maximum atomic E-state index is 13.0. The third-order valence-electron chi connectivity index (χ3n) is 6.16. The zero-order valence-corrected chi connectivity index (χ0v) is 25.8. The number of hydrogen-bond acceptors (Lipinski definition) is 6. The maximum absolute atomic E-state index is 13.0. The molecule has 41 heavy (non-hydrogen) atoms. The Kier molecular flexibility index (Phi) is 9.12. The van der Waals surface area contributed by atoms with Crippen LogP contribution in [-0.2, 0) is 9.59 Å². The number of ether oxygens (including phenoxy) is 2. The lowest BCUT2D eigenvalue weighted by Gasteiger charge is -2.14. The van der Waals surface area contributed by atoms with E-state index in [1.807, 2.05) is 73.7 Å². The Bertz CT molecular complexity index is 1660. The van der Waals surface area contributed by atoms with Crippen LogP contribution in [0.1, 0.15) is 11.1 Å². The molecule has 0 aromatic heterocycles. The quantitative estimate of drug-likeness (QED) is 0.180. The lowest BCUT2D eigenvalue weighted by molar-refractivity contribution is -0.123. The molecule has 4 aromatic rings. The molecular formula is C31H24Br2N2O5S. The molecule has 0 bridgehead atoms. The van der Waals surface area contributed by atoms with Gasteiger partial charge in [-0.25, -0.2) is 0 Å². The SMILES string of the molecule is Cc1cccc(NC(=O)COc2c(Br)cc(/C=C3\SC(=O)N(CCOc4cccc5ccccc45)C3=O)cc2Br)c1. The highest BCUT2D eigenvalue weighted by atomic mass is 79.9. The molecular weight excluding hydrogens is 672 g/mol. The van der Waals surface area contributed by atoms with Crippen LogP contribution in [0.25, 0.3) is 16.8 Å². The van der Waals surface area contributed by atoms with Gasteiger partial charge < -0.3 is 14.8 Å². The molecule has 1 N–H and O–H groups in total. The Morgan fingerprint density at radius 1 is 0.951 bits per heavy atom. The number of nitrogens with one attached hydrogen (secondary N) is 1. The second-order valence-corrected chi connectivity index (χ2v) is 11.9. The van der Waals surface area contributed by atoms with E-state index in [2.05, 4.69) is 37.2 Å². The first-order valence-corrected chi connectivity index (χ1v) is 15.0. The van der Waals surface area contributed by atoms with Crippen molar-refractivity contribution >= 4 is 83.2 Å². The molecule has 4 aromatic carbocycles. The fourth-order valence-corrected chi connectivity index (χ4v) is 6.59. The number of benzene rings is 4. The lowest BCUT2D eigenvalue weighted by Crippen LogP contribution is -2.32. The number of nitrogens with zero attached hydrogens (tertiary/aromatic N) is 1. The Labute approximate surface area is 258 Å². The molecule has 10 heteroatoms. The van der Waals surface area contributed by atoms with Gasteiger partial charge in [-0.15, -0.1) is 0 Å². The summed E-state index contributed by atoms with van der Waals surface area (Å²) in [6.07, 6.45) is 1.65. The maximum Gasteiger partial charge on any atom is 0.293 e. The minimum atomic E-state index is -0.373. The number of amides is 3. The van der Waals surface area contributed by atoms with Crippen LogP contribution in [0.3, 0.4) is 0 Å². The highest BCUT2D eigenvalue weighted by Gasteiger charge is 2.35. The smallest absolute Gasteiger partial charge is 0.293 e. The molecule has 0 radical (unpaired) electrons. The number of carbonyl (C=O) groups is 3. The number of imide groups is 1. The van der Waals surface area contributed by atoms with Crippen molar-refractivity contribution in [2.24, 2.45) is 0 Å². The number of rotatable bonds is 9. The summed E-state index contributed by atoms with van der Waals surface area (Å²) in [5, 5.41) is 4.49. The molecule has 0 unspecified atom stereocenters. The molecule has 1 aliphatic rings. The van der Waals surface area contributed by atoms with Crippen molar-refractivity contribution in [2.45, 2.75) is 6.92 Å². The molecule has 0 spiro atoms. The molecule has 0 saturated carbocycles. The van der Waals surface area contributed by atoms with E-state index < -0.39 is 0 Å². The zero-order chi connectivity index (χ0) is 28.9. The Morgan fingerprint density at radius 2 is 1.68 bits per heavy atom. The molecule has 5 rings (SSSR count). The number of halogens is 2. The van der Waals surface area contributed by atoms with Crippen molar-refractivity contribution in [3.05, 3.63) is 104 Å². The van der Waals surface area contributed by atoms with E-state index in [1.54, 1.807) is 18.2 Å². The van der Waals surface area contributed by atoms with E-state index in [4.69, 9.17) is 9.47 Å². The molecule has 7 nitrogen and oxygen atoms in total. The van der Waals surface area contributed by atoms with Crippen molar-refractivity contribution in [3.63, 3.8) is 0 Å². The van der Waals surface area contributed by atoms with Crippen LogP contribution in [-0.4, -0.2) is 41.7 Å². The second-order valence-electron chi connectivity index (χ2n) is 9.18. The summed E-state index contributed by atoms with van der Waals surface area (Å²) in [7, 11) is 0. The molecule has 208 valence electrons. The van der Waals surface area contributed by atoms with Crippen LogP contribution < -0.4 is 14.8 Å². The van der Waals surface area contributed by atoms with Gasteiger partial charge in [0.2, 0.25) is 0 Å². The summed E-state index contributed by atoms with van der Waals surface area (Å²) in [6, 6.07) is 24.7. The fourth-order valence-electron chi connectivity index (χ4n) is 4.27. The van der Waals surface area contributed by atoms with E-state index in [1.165, 1.54) is 4.90 Å². The molecule has 1 heterocycles. The predicted octanol–water partition coefficient (Wildman–Crippen LogP) is 7.81. The van der Waals surface area contributed by atoms with Crippen LogP contribution in [0.5, 0.6) is 11.5 Å². The van der Waals surface area contributed by atoms with Gasteiger partial charge >= 0.3 is 0 Å².